The number of hydrogen-bond acceptors (Lipinski definition) is 1. The van der Waals surface area contributed by atoms with Gasteiger partial charge in [-0.15, -0.1) is 0 Å². The molecule has 0 unspecified atom stereocenters. The fourth-order valence-electron chi connectivity index (χ4n) is 2.55. The molecule has 0 aliphatic rings. The van der Waals surface area contributed by atoms with Crippen LogP contribution in [0.25, 0.3) is 10.9 Å². The number of fused-ring (bicyclic) bond motifs is 1. The van der Waals surface area contributed by atoms with Crippen molar-refractivity contribution in [3.63, 3.8) is 0 Å². The third kappa shape index (κ3) is 1.31. The Balaban J connectivity index is 2.94. The van der Waals surface area contributed by atoms with Gasteiger partial charge >= 0.3 is 0 Å². The van der Waals surface area contributed by atoms with E-state index in [1.165, 1.54) is 5.69 Å². The normalized spacial score (nSPS) is 11.6. The van der Waals surface area contributed by atoms with Crippen molar-refractivity contribution in [2.24, 2.45) is 7.05 Å². The highest BCUT2D eigenvalue weighted by Gasteiger charge is 2.18. The van der Waals surface area contributed by atoms with Crippen LogP contribution in [0.3, 0.4) is 0 Å². The second kappa shape index (κ2) is 3.51. The molecule has 0 saturated heterocycles. The summed E-state index contributed by atoms with van der Waals surface area (Å²) < 4.78 is 16.0. The first-order chi connectivity index (χ1) is 7.45. The van der Waals surface area contributed by atoms with Crippen LogP contribution in [0.15, 0.2) is 12.1 Å². The van der Waals surface area contributed by atoms with E-state index >= 15 is 0 Å². The molecule has 0 radical (unpaired) electrons. The minimum absolute atomic E-state index is 0.219. The van der Waals surface area contributed by atoms with Gasteiger partial charge in [-0.3, -0.25) is 0 Å². The van der Waals surface area contributed by atoms with Gasteiger partial charge in [-0.25, -0.2) is 4.39 Å². The van der Waals surface area contributed by atoms with Crippen LogP contribution in [-0.2, 0) is 7.05 Å². The minimum Gasteiger partial charge on any atom is -0.396 e. The standard InChI is InChI=1S/C13H17FN2/c1-7(2)13-8(3)11-10(16(13)4)6-5-9(15)12(11)14/h5-7H,15H2,1-4H3. The van der Waals surface area contributed by atoms with Gasteiger partial charge in [0, 0.05) is 18.1 Å². The van der Waals surface area contributed by atoms with Gasteiger partial charge in [0.1, 0.15) is 0 Å². The van der Waals surface area contributed by atoms with Crippen LogP contribution in [0.1, 0.15) is 31.0 Å². The fourth-order valence-corrected chi connectivity index (χ4v) is 2.55. The van der Waals surface area contributed by atoms with Crippen molar-refractivity contribution >= 4 is 16.6 Å². The molecule has 0 bridgehead atoms. The largest absolute Gasteiger partial charge is 0.396 e. The SMILES string of the molecule is Cc1c(C(C)C)n(C)c2ccc(N)c(F)c12. The summed E-state index contributed by atoms with van der Waals surface area (Å²) in [5, 5.41) is 0.659. The van der Waals surface area contributed by atoms with Crippen molar-refractivity contribution in [1.82, 2.24) is 4.57 Å². The molecular weight excluding hydrogens is 203 g/mol. The highest BCUT2D eigenvalue weighted by Crippen LogP contribution is 2.33. The van der Waals surface area contributed by atoms with Crippen LogP contribution < -0.4 is 5.73 Å². The molecule has 0 atom stereocenters. The van der Waals surface area contributed by atoms with Gasteiger partial charge in [0.2, 0.25) is 0 Å². The lowest BCUT2D eigenvalue weighted by Crippen LogP contribution is -1.99. The second-order valence-electron chi connectivity index (χ2n) is 4.59. The Kier molecular flexibility index (Phi) is 2.41. The number of hydrogen-bond donors (Lipinski definition) is 1. The van der Waals surface area contributed by atoms with Gasteiger partial charge in [0.05, 0.1) is 11.2 Å². The molecule has 1 heterocycles. The summed E-state index contributed by atoms with van der Waals surface area (Å²) in [6.07, 6.45) is 0. The van der Waals surface area contributed by atoms with E-state index in [0.717, 1.165) is 11.1 Å². The van der Waals surface area contributed by atoms with E-state index in [1.807, 2.05) is 20.0 Å². The number of halogens is 1. The molecule has 0 fully saturated rings. The number of nitrogen functional groups attached to an aromatic ring is 1. The zero-order valence-corrected chi connectivity index (χ0v) is 10.1. The Morgan fingerprint density at radius 3 is 2.50 bits per heavy atom. The van der Waals surface area contributed by atoms with Gasteiger partial charge in [-0.1, -0.05) is 13.8 Å². The Morgan fingerprint density at radius 1 is 1.31 bits per heavy atom. The van der Waals surface area contributed by atoms with Crippen molar-refractivity contribution in [3.05, 3.63) is 29.2 Å². The van der Waals surface area contributed by atoms with Crippen LogP contribution in [0.2, 0.25) is 0 Å². The zero-order valence-electron chi connectivity index (χ0n) is 10.1. The molecule has 1 aromatic carbocycles. The number of nitrogens with zero attached hydrogens (tertiary/aromatic N) is 1. The average Bonchev–Trinajstić information content (AvgIpc) is 2.45. The van der Waals surface area contributed by atoms with Crippen LogP contribution in [-0.4, -0.2) is 4.57 Å². The molecule has 0 aliphatic carbocycles. The second-order valence-corrected chi connectivity index (χ2v) is 4.59. The number of benzene rings is 1. The predicted octanol–water partition coefficient (Wildman–Crippen LogP) is 3.33. The maximum absolute atomic E-state index is 14.0. The topological polar surface area (TPSA) is 30.9 Å². The molecule has 2 aromatic rings. The van der Waals surface area contributed by atoms with Crippen molar-refractivity contribution in [3.8, 4) is 0 Å². The molecule has 0 spiro atoms. The van der Waals surface area contributed by atoms with Crippen molar-refractivity contribution in [2.45, 2.75) is 26.7 Å². The maximum Gasteiger partial charge on any atom is 0.155 e. The summed E-state index contributed by atoms with van der Waals surface area (Å²) in [7, 11) is 1.97. The van der Waals surface area contributed by atoms with Crippen LogP contribution in [0.5, 0.6) is 0 Å². The van der Waals surface area contributed by atoms with E-state index in [9.17, 15) is 4.39 Å². The van der Waals surface area contributed by atoms with Crippen LogP contribution >= 0.6 is 0 Å². The number of nitrogens with two attached hydrogens (primary N) is 1. The Bertz CT molecular complexity index is 553. The first-order valence-electron chi connectivity index (χ1n) is 5.48. The van der Waals surface area contributed by atoms with Gasteiger partial charge in [-0.05, 0) is 30.5 Å². The van der Waals surface area contributed by atoms with Crippen molar-refractivity contribution < 1.29 is 4.39 Å². The van der Waals surface area contributed by atoms with Gasteiger partial charge in [0.25, 0.3) is 0 Å². The summed E-state index contributed by atoms with van der Waals surface area (Å²) in [6, 6.07) is 3.51. The number of aromatic nitrogens is 1. The van der Waals surface area contributed by atoms with E-state index in [0.29, 0.717) is 11.3 Å². The summed E-state index contributed by atoms with van der Waals surface area (Å²) in [6.45, 7) is 6.19. The number of aryl methyl sites for hydroxylation is 2. The maximum atomic E-state index is 14.0. The molecule has 0 aliphatic heterocycles. The molecule has 1 aromatic heterocycles. The van der Waals surface area contributed by atoms with E-state index in [2.05, 4.69) is 18.4 Å². The Labute approximate surface area is 94.9 Å². The predicted molar refractivity (Wildman–Crippen MR) is 66.1 cm³/mol. The van der Waals surface area contributed by atoms with Crippen LogP contribution in [0.4, 0.5) is 10.1 Å². The van der Waals surface area contributed by atoms with E-state index in [-0.39, 0.29) is 11.5 Å². The zero-order chi connectivity index (χ0) is 12.0. The Hall–Kier alpha value is -1.51. The summed E-state index contributed by atoms with van der Waals surface area (Å²) >= 11 is 0. The number of anilines is 1. The molecule has 2 N–H and O–H groups in total. The van der Waals surface area contributed by atoms with Crippen LogP contribution in [0, 0.1) is 12.7 Å². The monoisotopic (exact) mass is 220 g/mol. The smallest absolute Gasteiger partial charge is 0.155 e. The van der Waals surface area contributed by atoms with Gasteiger partial charge in [-0.2, -0.15) is 0 Å². The van der Waals surface area contributed by atoms with E-state index in [1.54, 1.807) is 6.07 Å². The quantitative estimate of drug-likeness (QED) is 0.734. The first-order valence-corrected chi connectivity index (χ1v) is 5.48. The average molecular weight is 220 g/mol. The minimum atomic E-state index is -0.294. The fraction of sp³-hybridized carbons (Fsp3) is 0.385. The molecule has 0 saturated carbocycles. The van der Waals surface area contributed by atoms with E-state index in [4.69, 9.17) is 5.73 Å². The third-order valence-electron chi connectivity index (χ3n) is 3.18. The molecule has 16 heavy (non-hydrogen) atoms. The summed E-state index contributed by atoms with van der Waals surface area (Å²) in [5.74, 6) is 0.0792. The lowest BCUT2D eigenvalue weighted by molar-refractivity contribution is 0.644. The lowest BCUT2D eigenvalue weighted by atomic mass is 10.0. The number of rotatable bonds is 1. The molecule has 2 rings (SSSR count). The molecule has 2 nitrogen and oxygen atoms in total. The molecular formula is C13H17FN2. The van der Waals surface area contributed by atoms with Crippen molar-refractivity contribution in [2.75, 3.05) is 5.73 Å². The third-order valence-corrected chi connectivity index (χ3v) is 3.18. The van der Waals surface area contributed by atoms with E-state index < -0.39 is 0 Å². The van der Waals surface area contributed by atoms with Gasteiger partial charge in [0.15, 0.2) is 5.82 Å². The molecule has 3 heteroatoms. The highest BCUT2D eigenvalue weighted by molar-refractivity contribution is 5.89. The first kappa shape index (κ1) is 11.0. The van der Waals surface area contributed by atoms with Crippen molar-refractivity contribution in [1.29, 1.82) is 0 Å². The lowest BCUT2D eigenvalue weighted by Gasteiger charge is -2.08. The van der Waals surface area contributed by atoms with Gasteiger partial charge < -0.3 is 10.3 Å². The molecule has 86 valence electrons. The highest BCUT2D eigenvalue weighted by atomic mass is 19.1. The Morgan fingerprint density at radius 2 is 1.94 bits per heavy atom. The molecule has 0 amide bonds. The summed E-state index contributed by atoms with van der Waals surface area (Å²) in [5.41, 5.74) is 8.90. The summed E-state index contributed by atoms with van der Waals surface area (Å²) in [4.78, 5) is 0.